The van der Waals surface area contributed by atoms with Gasteiger partial charge in [-0.15, -0.1) is 0 Å². The molecule has 2 N–H and O–H groups in total. The predicted octanol–water partition coefficient (Wildman–Crippen LogP) is 3.32. The number of ether oxygens (including phenoxy) is 1. The summed E-state index contributed by atoms with van der Waals surface area (Å²) in [6.45, 7) is 13.8. The predicted molar refractivity (Wildman–Crippen MR) is 80.4 cm³/mol. The van der Waals surface area contributed by atoms with Crippen LogP contribution in [0.1, 0.15) is 60.8 Å². The normalized spacial score (nSPS) is 13.4. The molecule has 0 aromatic carbocycles. The van der Waals surface area contributed by atoms with Gasteiger partial charge in [0.1, 0.15) is 5.60 Å². The second-order valence-corrected chi connectivity index (χ2v) is 6.52. The Bertz CT molecular complexity index is 247. The molecule has 0 fully saturated rings. The highest BCUT2D eigenvalue weighted by atomic mass is 16.6. The van der Waals surface area contributed by atoms with E-state index < -0.39 is 5.60 Å². The summed E-state index contributed by atoms with van der Waals surface area (Å²) in [5, 5.41) is 6.35. The first-order valence-corrected chi connectivity index (χ1v) is 7.44. The highest BCUT2D eigenvalue weighted by Crippen LogP contribution is 2.07. The molecule has 4 heteroatoms. The summed E-state index contributed by atoms with van der Waals surface area (Å²) < 4.78 is 5.24. The second-order valence-electron chi connectivity index (χ2n) is 6.52. The molecule has 0 rings (SSSR count). The minimum Gasteiger partial charge on any atom is -0.444 e. The molecule has 0 aromatic heterocycles. The van der Waals surface area contributed by atoms with Crippen LogP contribution in [-0.4, -0.2) is 30.8 Å². The van der Waals surface area contributed by atoms with Crippen molar-refractivity contribution in [2.24, 2.45) is 5.92 Å². The lowest BCUT2D eigenvalue weighted by atomic mass is 10.0. The number of unbranched alkanes of at least 4 members (excludes halogenated alkanes) is 1. The number of hydrogen-bond donors (Lipinski definition) is 2. The number of alkyl carbamates (subject to hydrolysis) is 1. The van der Waals surface area contributed by atoms with Crippen LogP contribution >= 0.6 is 0 Å². The van der Waals surface area contributed by atoms with E-state index >= 15 is 0 Å². The van der Waals surface area contributed by atoms with Crippen molar-refractivity contribution < 1.29 is 9.53 Å². The fourth-order valence-electron chi connectivity index (χ4n) is 1.81. The van der Waals surface area contributed by atoms with Gasteiger partial charge in [-0.1, -0.05) is 27.2 Å². The van der Waals surface area contributed by atoms with E-state index in [1.165, 1.54) is 12.8 Å². The molecule has 4 nitrogen and oxygen atoms in total. The number of rotatable bonds is 8. The van der Waals surface area contributed by atoms with E-state index in [9.17, 15) is 4.79 Å². The Hall–Kier alpha value is -0.770. The van der Waals surface area contributed by atoms with Crippen molar-refractivity contribution in [1.29, 1.82) is 0 Å². The summed E-state index contributed by atoms with van der Waals surface area (Å²) in [4.78, 5) is 11.6. The Morgan fingerprint density at radius 2 is 1.89 bits per heavy atom. The third-order valence-corrected chi connectivity index (χ3v) is 2.61. The van der Waals surface area contributed by atoms with E-state index in [4.69, 9.17) is 4.74 Å². The molecule has 0 bridgehead atoms. The molecule has 0 aromatic rings. The van der Waals surface area contributed by atoms with Crippen molar-refractivity contribution >= 4 is 6.09 Å². The second kappa shape index (κ2) is 9.18. The van der Waals surface area contributed by atoms with Crippen LogP contribution in [-0.2, 0) is 4.74 Å². The van der Waals surface area contributed by atoms with Crippen LogP contribution < -0.4 is 10.6 Å². The van der Waals surface area contributed by atoms with E-state index in [0.717, 1.165) is 13.0 Å². The van der Waals surface area contributed by atoms with Crippen LogP contribution in [0.5, 0.6) is 0 Å². The van der Waals surface area contributed by atoms with Crippen LogP contribution in [0.25, 0.3) is 0 Å². The van der Waals surface area contributed by atoms with Crippen molar-refractivity contribution in [1.82, 2.24) is 10.6 Å². The summed E-state index contributed by atoms with van der Waals surface area (Å²) in [6, 6.07) is 0.319. The van der Waals surface area contributed by atoms with Crippen LogP contribution in [0.15, 0.2) is 0 Å². The third kappa shape index (κ3) is 12.0. The van der Waals surface area contributed by atoms with Gasteiger partial charge in [-0.2, -0.15) is 0 Å². The number of nitrogens with one attached hydrogen (secondary N) is 2. The van der Waals surface area contributed by atoms with Gasteiger partial charge >= 0.3 is 6.09 Å². The van der Waals surface area contributed by atoms with Gasteiger partial charge in [0.15, 0.2) is 0 Å². The van der Waals surface area contributed by atoms with Crippen LogP contribution in [0.3, 0.4) is 0 Å². The van der Waals surface area contributed by atoms with Gasteiger partial charge in [-0.25, -0.2) is 4.79 Å². The zero-order chi connectivity index (χ0) is 14.9. The SMILES string of the molecule is CCCCNC(CNC(=O)OC(C)(C)C)CC(C)C. The van der Waals surface area contributed by atoms with Gasteiger partial charge in [-0.3, -0.25) is 0 Å². The van der Waals surface area contributed by atoms with Crippen molar-refractivity contribution in [3.63, 3.8) is 0 Å². The van der Waals surface area contributed by atoms with Crippen molar-refractivity contribution in [3.05, 3.63) is 0 Å². The van der Waals surface area contributed by atoms with Crippen molar-refractivity contribution in [2.75, 3.05) is 13.1 Å². The van der Waals surface area contributed by atoms with Gasteiger partial charge in [0.2, 0.25) is 0 Å². The highest BCUT2D eigenvalue weighted by Gasteiger charge is 2.17. The lowest BCUT2D eigenvalue weighted by molar-refractivity contribution is 0.0521. The summed E-state index contributed by atoms with van der Waals surface area (Å²) >= 11 is 0. The summed E-state index contributed by atoms with van der Waals surface area (Å²) in [5.74, 6) is 0.611. The molecule has 1 atom stereocenters. The molecule has 0 radical (unpaired) electrons. The monoisotopic (exact) mass is 272 g/mol. The molecular weight excluding hydrogens is 240 g/mol. The minimum atomic E-state index is -0.437. The number of carbonyl (C=O) groups is 1. The molecule has 0 aliphatic heterocycles. The Kier molecular flexibility index (Phi) is 8.81. The van der Waals surface area contributed by atoms with Crippen molar-refractivity contribution in [2.45, 2.75) is 72.4 Å². The molecule has 114 valence electrons. The van der Waals surface area contributed by atoms with Crippen LogP contribution in [0.2, 0.25) is 0 Å². The number of hydrogen-bond acceptors (Lipinski definition) is 3. The maximum absolute atomic E-state index is 11.6. The zero-order valence-electron chi connectivity index (χ0n) is 13.5. The fraction of sp³-hybridized carbons (Fsp3) is 0.933. The maximum atomic E-state index is 11.6. The van der Waals surface area contributed by atoms with E-state index in [2.05, 4.69) is 31.4 Å². The van der Waals surface area contributed by atoms with Gasteiger partial charge < -0.3 is 15.4 Å². The number of carbonyl (C=O) groups excluding carboxylic acids is 1. The zero-order valence-corrected chi connectivity index (χ0v) is 13.5. The largest absolute Gasteiger partial charge is 0.444 e. The first-order valence-electron chi connectivity index (χ1n) is 7.44. The lowest BCUT2D eigenvalue weighted by Crippen LogP contribution is -2.43. The Balaban J connectivity index is 4.06. The molecule has 0 aliphatic carbocycles. The Labute approximate surface area is 118 Å². The smallest absolute Gasteiger partial charge is 0.407 e. The molecule has 0 heterocycles. The molecular formula is C15H32N2O2. The van der Waals surface area contributed by atoms with Gasteiger partial charge in [0.05, 0.1) is 0 Å². The van der Waals surface area contributed by atoms with Crippen LogP contribution in [0, 0.1) is 5.92 Å². The fourth-order valence-corrected chi connectivity index (χ4v) is 1.81. The summed E-state index contributed by atoms with van der Waals surface area (Å²) in [6.07, 6.45) is 3.07. The summed E-state index contributed by atoms with van der Waals surface area (Å²) in [7, 11) is 0. The number of amides is 1. The average Bonchev–Trinajstić information content (AvgIpc) is 2.23. The first-order chi connectivity index (χ1) is 8.74. The average molecular weight is 272 g/mol. The Morgan fingerprint density at radius 1 is 1.26 bits per heavy atom. The standard InChI is InChI=1S/C15H32N2O2/c1-7-8-9-16-13(10-12(2)3)11-17-14(18)19-15(4,5)6/h12-13,16H,7-11H2,1-6H3,(H,17,18). The van der Waals surface area contributed by atoms with Gasteiger partial charge in [0, 0.05) is 12.6 Å². The molecule has 19 heavy (non-hydrogen) atoms. The molecule has 1 amide bonds. The highest BCUT2D eigenvalue weighted by molar-refractivity contribution is 5.67. The van der Waals surface area contributed by atoms with Gasteiger partial charge in [0.25, 0.3) is 0 Å². The Morgan fingerprint density at radius 3 is 2.37 bits per heavy atom. The quantitative estimate of drug-likeness (QED) is 0.666. The van der Waals surface area contributed by atoms with E-state index in [0.29, 0.717) is 18.5 Å². The molecule has 0 aliphatic rings. The molecule has 1 unspecified atom stereocenters. The molecule has 0 saturated carbocycles. The minimum absolute atomic E-state index is 0.319. The van der Waals surface area contributed by atoms with E-state index in [1.807, 2.05) is 20.8 Å². The van der Waals surface area contributed by atoms with Gasteiger partial charge in [-0.05, 0) is 46.1 Å². The molecule has 0 saturated heterocycles. The van der Waals surface area contributed by atoms with Crippen LogP contribution in [0.4, 0.5) is 4.79 Å². The van der Waals surface area contributed by atoms with Crippen molar-refractivity contribution in [3.8, 4) is 0 Å². The molecule has 0 spiro atoms. The topological polar surface area (TPSA) is 50.4 Å². The summed E-state index contributed by atoms with van der Waals surface area (Å²) in [5.41, 5.74) is -0.437. The first kappa shape index (κ1) is 18.2. The maximum Gasteiger partial charge on any atom is 0.407 e. The third-order valence-electron chi connectivity index (χ3n) is 2.61. The van der Waals surface area contributed by atoms with E-state index in [1.54, 1.807) is 0 Å². The van der Waals surface area contributed by atoms with E-state index in [-0.39, 0.29) is 6.09 Å². The lowest BCUT2D eigenvalue weighted by Gasteiger charge is -2.23.